The van der Waals surface area contributed by atoms with Crippen molar-refractivity contribution in [1.82, 2.24) is 10.2 Å². The Morgan fingerprint density at radius 1 is 0.516 bits per heavy atom. The molecule has 1 N–H and O–H groups in total. The Labute approximate surface area is 174 Å². The third kappa shape index (κ3) is 1.71. The first kappa shape index (κ1) is 16.5. The van der Waals surface area contributed by atoms with E-state index in [9.17, 15) is 19.2 Å². The Morgan fingerprint density at radius 3 is 1.29 bits per heavy atom. The highest BCUT2D eigenvalue weighted by molar-refractivity contribution is 6.41. The van der Waals surface area contributed by atoms with Gasteiger partial charge >= 0.3 is 0 Å². The quantitative estimate of drug-likeness (QED) is 0.241. The van der Waals surface area contributed by atoms with Crippen LogP contribution in [-0.4, -0.2) is 35.6 Å². The van der Waals surface area contributed by atoms with Crippen molar-refractivity contribution in [3.05, 3.63) is 70.8 Å². The van der Waals surface area contributed by atoms with E-state index in [1.807, 2.05) is 24.3 Å². The lowest BCUT2D eigenvalue weighted by Gasteiger charge is -2.26. The van der Waals surface area contributed by atoms with E-state index in [1.54, 1.807) is 24.3 Å². The van der Waals surface area contributed by atoms with E-state index in [4.69, 9.17) is 0 Å². The van der Waals surface area contributed by atoms with Gasteiger partial charge in [-0.05, 0) is 56.6 Å². The highest BCUT2D eigenvalue weighted by Crippen LogP contribution is 2.45. The Kier molecular flexibility index (Phi) is 2.68. The molecule has 146 valence electrons. The smallest absolute Gasteiger partial charge is 0.261 e. The number of fused-ring (bicyclic) bond motifs is 2. The van der Waals surface area contributed by atoms with Crippen LogP contribution in [0.1, 0.15) is 41.4 Å². The molecule has 0 aromatic heterocycles. The van der Waals surface area contributed by atoms with Crippen LogP contribution in [0.25, 0.3) is 43.1 Å². The van der Waals surface area contributed by atoms with Gasteiger partial charge in [0.15, 0.2) is 0 Å². The monoisotopic (exact) mass is 404 g/mol. The molecule has 0 aliphatic carbocycles. The van der Waals surface area contributed by atoms with Crippen molar-refractivity contribution in [3.63, 3.8) is 0 Å². The lowest BCUT2D eigenvalue weighted by Crippen LogP contribution is -2.36. The maximum absolute atomic E-state index is 12.8. The Hall–Kier alpha value is -4.32. The van der Waals surface area contributed by atoms with Gasteiger partial charge in [0, 0.05) is 40.1 Å². The molecule has 0 spiro atoms. The van der Waals surface area contributed by atoms with Gasteiger partial charge in [-0.3, -0.25) is 29.4 Å². The highest BCUT2D eigenvalue weighted by Gasteiger charge is 2.33. The molecule has 0 saturated carbocycles. The predicted octanol–water partition coefficient (Wildman–Crippen LogP) is 3.85. The van der Waals surface area contributed by atoms with Gasteiger partial charge in [0.1, 0.15) is 0 Å². The van der Waals surface area contributed by atoms with Crippen LogP contribution in [0.5, 0.6) is 0 Å². The largest absolute Gasteiger partial charge is 0.288 e. The summed E-state index contributed by atoms with van der Waals surface area (Å²) in [6.45, 7) is 0. The van der Waals surface area contributed by atoms with E-state index in [-0.39, 0.29) is 11.8 Å². The van der Waals surface area contributed by atoms with Crippen LogP contribution in [0.3, 0.4) is 0 Å². The molecule has 0 unspecified atom stereocenters. The third-order valence-corrected chi connectivity index (χ3v) is 6.69. The van der Waals surface area contributed by atoms with Crippen molar-refractivity contribution in [1.29, 1.82) is 0 Å². The van der Waals surface area contributed by atoms with E-state index in [0.717, 1.165) is 37.2 Å². The zero-order valence-corrected chi connectivity index (χ0v) is 16.2. The average molecular weight is 404 g/mol. The van der Waals surface area contributed by atoms with Crippen molar-refractivity contribution < 1.29 is 19.2 Å². The first-order chi connectivity index (χ1) is 15.0. The van der Waals surface area contributed by atoms with Gasteiger partial charge in [-0.2, -0.15) is 0 Å². The molecule has 31 heavy (non-hydrogen) atoms. The molecule has 0 fully saturated rings. The van der Waals surface area contributed by atoms with Crippen LogP contribution < -0.4 is 5.32 Å². The summed E-state index contributed by atoms with van der Waals surface area (Å²) in [6, 6.07) is 14.5. The van der Waals surface area contributed by atoms with Gasteiger partial charge in [-0.1, -0.05) is 24.3 Å². The van der Waals surface area contributed by atoms with Gasteiger partial charge < -0.3 is 0 Å². The second kappa shape index (κ2) is 5.05. The van der Waals surface area contributed by atoms with Crippen LogP contribution in [0.15, 0.2) is 48.5 Å². The number of benzene rings is 5. The van der Waals surface area contributed by atoms with Gasteiger partial charge in [0.05, 0.1) is 0 Å². The number of carbonyl (C=O) groups excluding carboxylic acids is 4. The summed E-state index contributed by atoms with van der Waals surface area (Å²) < 4.78 is 0. The summed E-state index contributed by atoms with van der Waals surface area (Å²) in [7, 11) is 1.49. The molecule has 2 aliphatic heterocycles. The SMILES string of the molecule is CN1C(=O)c2ccc3c4ccc5c6c(ccc(c7ccc(c2c37)C1=O)c64)C(=O)NC5=O. The number of hydrogen-bond donors (Lipinski definition) is 1. The summed E-state index contributed by atoms with van der Waals surface area (Å²) >= 11 is 0. The minimum Gasteiger partial charge on any atom is -0.288 e. The van der Waals surface area contributed by atoms with Crippen LogP contribution in [-0.2, 0) is 0 Å². The first-order valence-electron chi connectivity index (χ1n) is 9.85. The van der Waals surface area contributed by atoms with E-state index >= 15 is 0 Å². The molecule has 6 heteroatoms. The average Bonchev–Trinajstić information content (AvgIpc) is 2.78. The van der Waals surface area contributed by atoms with Gasteiger partial charge in [-0.25, -0.2) is 0 Å². The lowest BCUT2D eigenvalue weighted by atomic mass is 9.82. The highest BCUT2D eigenvalue weighted by atomic mass is 16.2. The molecule has 2 heterocycles. The summed E-state index contributed by atoms with van der Waals surface area (Å²) in [4.78, 5) is 51.7. The van der Waals surface area contributed by atoms with Gasteiger partial charge in [-0.15, -0.1) is 0 Å². The number of carbonyl (C=O) groups is 4. The van der Waals surface area contributed by atoms with Crippen molar-refractivity contribution in [2.24, 2.45) is 0 Å². The fraction of sp³-hybridized carbons (Fsp3) is 0.0400. The van der Waals surface area contributed by atoms with Crippen LogP contribution in [0, 0.1) is 0 Å². The molecule has 0 radical (unpaired) electrons. The third-order valence-electron chi connectivity index (χ3n) is 6.69. The zero-order chi connectivity index (χ0) is 21.2. The lowest BCUT2D eigenvalue weighted by molar-refractivity contribution is 0.0649. The van der Waals surface area contributed by atoms with Gasteiger partial charge in [0.2, 0.25) is 0 Å². The minimum absolute atomic E-state index is 0.320. The van der Waals surface area contributed by atoms with E-state index in [1.165, 1.54) is 7.05 Å². The second-order valence-corrected chi connectivity index (χ2v) is 8.10. The molecule has 2 aliphatic rings. The Bertz CT molecular complexity index is 1630. The molecule has 4 amide bonds. The van der Waals surface area contributed by atoms with Crippen molar-refractivity contribution in [2.45, 2.75) is 0 Å². The standard InChI is InChI=1S/C25H12N2O4/c1-27-24(30)16-8-4-12-10-2-6-14-20-15(23(29)26-22(14)28)7-3-11(18(10)20)13-5-9-17(25(27)31)21(16)19(12)13/h2-9H,1H3,(H,26,28,29). The topological polar surface area (TPSA) is 83.6 Å². The number of amides is 4. The molecular formula is C25H12N2O4. The molecule has 5 aromatic rings. The summed E-state index contributed by atoms with van der Waals surface area (Å²) in [5.74, 6) is -1.45. The summed E-state index contributed by atoms with van der Waals surface area (Å²) in [5, 5.41) is 8.94. The van der Waals surface area contributed by atoms with Crippen molar-refractivity contribution >= 4 is 66.7 Å². The normalized spacial score (nSPS) is 15.7. The number of hydrogen-bond acceptors (Lipinski definition) is 4. The Morgan fingerprint density at radius 2 is 0.871 bits per heavy atom. The van der Waals surface area contributed by atoms with E-state index in [0.29, 0.717) is 33.0 Å². The van der Waals surface area contributed by atoms with Gasteiger partial charge in [0.25, 0.3) is 23.6 Å². The number of rotatable bonds is 0. The molecule has 0 bridgehead atoms. The molecule has 6 nitrogen and oxygen atoms in total. The molecular weight excluding hydrogens is 392 g/mol. The minimum atomic E-state index is -0.406. The molecule has 0 atom stereocenters. The fourth-order valence-corrected chi connectivity index (χ4v) is 5.32. The summed E-state index contributed by atoms with van der Waals surface area (Å²) in [5.41, 5.74) is 1.94. The van der Waals surface area contributed by atoms with Crippen LogP contribution >= 0.6 is 0 Å². The maximum Gasteiger partial charge on any atom is 0.261 e. The second-order valence-electron chi connectivity index (χ2n) is 8.10. The molecule has 5 aromatic carbocycles. The van der Waals surface area contributed by atoms with E-state index in [2.05, 4.69) is 5.32 Å². The van der Waals surface area contributed by atoms with Crippen LogP contribution in [0.4, 0.5) is 0 Å². The van der Waals surface area contributed by atoms with Crippen LogP contribution in [0.2, 0.25) is 0 Å². The number of nitrogens with zero attached hydrogens (tertiary/aromatic N) is 1. The first-order valence-corrected chi connectivity index (χ1v) is 9.85. The summed E-state index contributed by atoms with van der Waals surface area (Å²) in [6.07, 6.45) is 0. The maximum atomic E-state index is 12.8. The van der Waals surface area contributed by atoms with E-state index < -0.39 is 11.8 Å². The number of nitrogens with one attached hydrogen (secondary N) is 1. The zero-order valence-electron chi connectivity index (χ0n) is 16.2. The Balaban J connectivity index is 1.80. The fourth-order valence-electron chi connectivity index (χ4n) is 5.32. The van der Waals surface area contributed by atoms with Crippen molar-refractivity contribution in [2.75, 3.05) is 7.05 Å². The molecule has 7 rings (SSSR count). The molecule has 0 saturated heterocycles. The predicted molar refractivity (Wildman–Crippen MR) is 116 cm³/mol. The number of imide groups is 2. The van der Waals surface area contributed by atoms with Crippen molar-refractivity contribution in [3.8, 4) is 0 Å².